The molecule has 2 saturated heterocycles. The van der Waals surface area contributed by atoms with Crippen molar-refractivity contribution >= 4 is 26.0 Å². The van der Waals surface area contributed by atoms with E-state index in [9.17, 15) is 14.4 Å². The summed E-state index contributed by atoms with van der Waals surface area (Å²) in [5.41, 5.74) is 9.42. The topological polar surface area (TPSA) is 170 Å². The number of carbonyl (C=O) groups is 3. The Balaban J connectivity index is 1.49. The lowest BCUT2D eigenvalue weighted by Gasteiger charge is -2.47. The minimum absolute atomic E-state index is 0.200. The van der Waals surface area contributed by atoms with Crippen molar-refractivity contribution in [2.45, 2.75) is 121 Å². The van der Waals surface area contributed by atoms with Crippen LogP contribution in [0.1, 0.15) is 30.5 Å². The summed E-state index contributed by atoms with van der Waals surface area (Å²) >= 11 is 0. The van der Waals surface area contributed by atoms with Crippen LogP contribution in [0.2, 0.25) is 25.7 Å². The van der Waals surface area contributed by atoms with Gasteiger partial charge in [0.05, 0.1) is 39.6 Å². The monoisotopic (exact) mass is 823 g/mol. The van der Waals surface area contributed by atoms with Crippen molar-refractivity contribution in [2.24, 2.45) is 5.73 Å². The second kappa shape index (κ2) is 21.8. The number of benzene rings is 3. The molecule has 15 heteroatoms. The quantitative estimate of drug-likeness (QED) is 0.0982. The van der Waals surface area contributed by atoms with E-state index in [0.717, 1.165) is 36.8 Å². The first kappa shape index (κ1) is 45.1. The Morgan fingerprint density at radius 3 is 1.57 bits per heavy atom. The molecule has 0 unspecified atom stereocenters. The standard InChI is InChI=1S/C43H57NO13Si/c1-28(45)54-36-34(44)42(57-39(41(47)48-3)38(36)55-29(2)46)53-27-33-35(50-24-30-16-10-7-11-17-30)37(51-25-31-18-12-8-13-19-31)40(52-26-32-20-14-9-15-21-32)43(56-33)49-22-23-58(4,5)6/h7-21,33-40,42-43H,22-27,44H2,1-6H3/t33-,34+,35-,36-,37+,38+,39+,40-,42-,43-/m1/s1. The molecule has 0 bridgehead atoms. The third-order valence-electron chi connectivity index (χ3n) is 9.64. The summed E-state index contributed by atoms with van der Waals surface area (Å²) in [6.45, 7) is 10.0. The number of esters is 3. The van der Waals surface area contributed by atoms with Gasteiger partial charge < -0.3 is 53.1 Å². The first-order valence-electron chi connectivity index (χ1n) is 19.5. The van der Waals surface area contributed by atoms with Gasteiger partial charge in [0.25, 0.3) is 0 Å². The highest BCUT2D eigenvalue weighted by Gasteiger charge is 2.54. The van der Waals surface area contributed by atoms with Crippen LogP contribution in [0, 0.1) is 0 Å². The van der Waals surface area contributed by atoms with Crippen molar-refractivity contribution < 1.29 is 61.8 Å². The third-order valence-corrected chi connectivity index (χ3v) is 11.3. The van der Waals surface area contributed by atoms with Gasteiger partial charge in [0.2, 0.25) is 0 Å². The Bertz CT molecular complexity index is 1710. The van der Waals surface area contributed by atoms with Gasteiger partial charge in [0, 0.05) is 28.5 Å². The maximum absolute atomic E-state index is 13.0. The first-order chi connectivity index (χ1) is 27.8. The van der Waals surface area contributed by atoms with Gasteiger partial charge in [-0.2, -0.15) is 0 Å². The molecule has 3 aromatic carbocycles. The highest BCUT2D eigenvalue weighted by molar-refractivity contribution is 6.76. The van der Waals surface area contributed by atoms with Crippen LogP contribution in [-0.4, -0.2) is 108 Å². The van der Waals surface area contributed by atoms with E-state index in [1.807, 2.05) is 91.0 Å². The molecule has 2 fully saturated rings. The van der Waals surface area contributed by atoms with Gasteiger partial charge in [0.15, 0.2) is 30.9 Å². The maximum atomic E-state index is 13.0. The molecule has 0 amide bonds. The van der Waals surface area contributed by atoms with Crippen LogP contribution < -0.4 is 5.73 Å². The van der Waals surface area contributed by atoms with E-state index in [-0.39, 0.29) is 26.4 Å². The lowest BCUT2D eigenvalue weighted by molar-refractivity contribution is -0.336. The highest BCUT2D eigenvalue weighted by Crippen LogP contribution is 2.33. The van der Waals surface area contributed by atoms with Crippen LogP contribution in [0.3, 0.4) is 0 Å². The van der Waals surface area contributed by atoms with Gasteiger partial charge in [0.1, 0.15) is 24.4 Å². The van der Waals surface area contributed by atoms with E-state index in [2.05, 4.69) is 19.6 Å². The second-order valence-corrected chi connectivity index (χ2v) is 21.1. The molecule has 0 spiro atoms. The summed E-state index contributed by atoms with van der Waals surface area (Å²) in [7, 11) is -0.375. The fourth-order valence-electron chi connectivity index (χ4n) is 6.66. The van der Waals surface area contributed by atoms with Crippen molar-refractivity contribution in [3.63, 3.8) is 0 Å². The molecule has 0 aliphatic carbocycles. The predicted octanol–water partition coefficient (Wildman–Crippen LogP) is 4.93. The molecule has 0 radical (unpaired) electrons. The third kappa shape index (κ3) is 13.2. The molecular weight excluding hydrogens is 767 g/mol. The average Bonchev–Trinajstić information content (AvgIpc) is 3.20. The van der Waals surface area contributed by atoms with Crippen LogP contribution in [0.5, 0.6) is 0 Å². The number of rotatable bonds is 19. The minimum Gasteiger partial charge on any atom is -0.467 e. The molecule has 5 rings (SSSR count). The summed E-state index contributed by atoms with van der Waals surface area (Å²) in [4.78, 5) is 37.4. The van der Waals surface area contributed by atoms with Crippen molar-refractivity contribution in [3.8, 4) is 0 Å². The Labute approximate surface area is 341 Å². The van der Waals surface area contributed by atoms with Gasteiger partial charge in [-0.25, -0.2) is 4.79 Å². The molecule has 3 aromatic rings. The molecule has 14 nitrogen and oxygen atoms in total. The van der Waals surface area contributed by atoms with Crippen LogP contribution in [0.4, 0.5) is 0 Å². The smallest absolute Gasteiger partial charge is 0.339 e. The summed E-state index contributed by atoms with van der Waals surface area (Å²) in [6, 6.07) is 28.9. The lowest BCUT2D eigenvalue weighted by atomic mass is 9.96. The van der Waals surface area contributed by atoms with E-state index in [0.29, 0.717) is 6.61 Å². The normalized spacial score (nSPS) is 27.4. The zero-order valence-electron chi connectivity index (χ0n) is 34.1. The molecule has 316 valence electrons. The molecule has 0 aromatic heterocycles. The predicted molar refractivity (Wildman–Crippen MR) is 214 cm³/mol. The van der Waals surface area contributed by atoms with Crippen LogP contribution in [-0.2, 0) is 81.6 Å². The molecule has 0 saturated carbocycles. The Morgan fingerprint density at radius 1 is 0.603 bits per heavy atom. The number of hydrogen-bond donors (Lipinski definition) is 1. The van der Waals surface area contributed by atoms with Crippen molar-refractivity contribution in [1.29, 1.82) is 0 Å². The zero-order valence-corrected chi connectivity index (χ0v) is 35.1. The number of ether oxygens (including phenoxy) is 10. The lowest BCUT2D eigenvalue weighted by Crippen LogP contribution is -2.66. The zero-order chi connectivity index (χ0) is 41.7. The van der Waals surface area contributed by atoms with Crippen molar-refractivity contribution in [1.82, 2.24) is 0 Å². The van der Waals surface area contributed by atoms with E-state index in [4.69, 9.17) is 53.1 Å². The van der Waals surface area contributed by atoms with Crippen molar-refractivity contribution in [3.05, 3.63) is 108 Å². The molecular formula is C43H57NO13Si. The van der Waals surface area contributed by atoms with Gasteiger partial charge in [-0.1, -0.05) is 111 Å². The molecule has 2 N–H and O–H groups in total. The van der Waals surface area contributed by atoms with Crippen LogP contribution >= 0.6 is 0 Å². The van der Waals surface area contributed by atoms with Gasteiger partial charge in [-0.3, -0.25) is 9.59 Å². The number of hydrogen-bond acceptors (Lipinski definition) is 14. The minimum atomic E-state index is -1.53. The largest absolute Gasteiger partial charge is 0.467 e. The average molecular weight is 824 g/mol. The molecule has 10 atom stereocenters. The highest BCUT2D eigenvalue weighted by atomic mass is 28.3. The molecule has 58 heavy (non-hydrogen) atoms. The van der Waals surface area contributed by atoms with Gasteiger partial charge >= 0.3 is 17.9 Å². The first-order valence-corrected chi connectivity index (χ1v) is 23.2. The van der Waals surface area contributed by atoms with E-state index in [1.165, 1.54) is 6.92 Å². The fraction of sp³-hybridized carbons (Fsp3) is 0.512. The van der Waals surface area contributed by atoms with Gasteiger partial charge in [-0.05, 0) is 22.7 Å². The SMILES string of the molecule is COC(=O)[C@H]1O[C@@H](OC[C@H]2O[C@@H](OCC[Si](C)(C)C)[C@H](OCc3ccccc3)[C@@H](OCc3ccccc3)[C@@H]2OCc2ccccc2)[C@@H](N)[C@@H](OC(C)=O)[C@@H]1OC(C)=O. The van der Waals surface area contributed by atoms with Crippen LogP contribution in [0.25, 0.3) is 0 Å². The Kier molecular flexibility index (Phi) is 17.0. The summed E-state index contributed by atoms with van der Waals surface area (Å²) in [5, 5.41) is 0. The van der Waals surface area contributed by atoms with Crippen LogP contribution in [0.15, 0.2) is 91.0 Å². The number of carbonyl (C=O) groups excluding carboxylic acids is 3. The molecule has 2 heterocycles. The van der Waals surface area contributed by atoms with E-state index in [1.54, 1.807) is 0 Å². The van der Waals surface area contributed by atoms with Gasteiger partial charge in [-0.15, -0.1) is 0 Å². The number of methoxy groups -OCH3 is 1. The fourth-order valence-corrected chi connectivity index (χ4v) is 7.39. The van der Waals surface area contributed by atoms with E-state index < -0.39 is 87.3 Å². The summed E-state index contributed by atoms with van der Waals surface area (Å²) in [6.07, 6.45) is -9.72. The summed E-state index contributed by atoms with van der Waals surface area (Å²) < 4.78 is 61.8. The maximum Gasteiger partial charge on any atom is 0.339 e. The second-order valence-electron chi connectivity index (χ2n) is 15.5. The Hall–Kier alpha value is -4.03. The van der Waals surface area contributed by atoms with E-state index >= 15 is 0 Å². The summed E-state index contributed by atoms with van der Waals surface area (Å²) in [5.74, 6) is -2.35. The molecule has 2 aliphatic rings. The molecule has 2 aliphatic heterocycles. The number of nitrogens with two attached hydrogens (primary N) is 1. The van der Waals surface area contributed by atoms with Crippen molar-refractivity contribution in [2.75, 3.05) is 20.3 Å². The Morgan fingerprint density at radius 2 is 1.09 bits per heavy atom.